The number of carboxylic acids is 1. The second kappa shape index (κ2) is 10.1. The van der Waals surface area contributed by atoms with Gasteiger partial charge in [-0.05, 0) is 56.4 Å². The number of carbonyl (C=O) groups excluding carboxylic acids is 2. The topological polar surface area (TPSA) is 95.9 Å². The second-order valence-electron chi connectivity index (χ2n) is 9.17. The number of fused-ring (bicyclic) bond motifs is 3. The Balaban J connectivity index is 1.64. The van der Waals surface area contributed by atoms with Crippen LogP contribution in [0.4, 0.5) is 4.79 Å². The standard InChI is InChI=1S/C26H32N2O5/c1-17(2)28(15-9-14-23(29)30)24(31)26(3,4)27-25(32)33-16-22-20-12-7-5-10-18(20)19-11-6-8-13-21(19)22/h5-8,10-13,17,22H,9,14-16H2,1-4H3,(H,27,32)(H,29,30). The van der Waals surface area contributed by atoms with E-state index >= 15 is 0 Å². The molecule has 3 rings (SSSR count). The van der Waals surface area contributed by atoms with Crippen molar-refractivity contribution in [3.05, 3.63) is 59.7 Å². The minimum absolute atomic E-state index is 0.0171. The molecule has 2 N–H and O–H groups in total. The van der Waals surface area contributed by atoms with E-state index in [1.165, 1.54) is 0 Å². The maximum Gasteiger partial charge on any atom is 0.408 e. The predicted octanol–water partition coefficient (Wildman–Crippen LogP) is 4.41. The van der Waals surface area contributed by atoms with Crippen molar-refractivity contribution < 1.29 is 24.2 Å². The molecule has 2 aromatic rings. The number of rotatable bonds is 9. The third-order valence-corrected chi connectivity index (χ3v) is 5.97. The zero-order valence-electron chi connectivity index (χ0n) is 19.6. The number of hydrogen-bond donors (Lipinski definition) is 2. The Hall–Kier alpha value is -3.35. The van der Waals surface area contributed by atoms with Crippen LogP contribution in [0.15, 0.2) is 48.5 Å². The van der Waals surface area contributed by atoms with Gasteiger partial charge in [0.15, 0.2) is 0 Å². The fourth-order valence-electron chi connectivity index (χ4n) is 4.30. The smallest absolute Gasteiger partial charge is 0.408 e. The van der Waals surface area contributed by atoms with Gasteiger partial charge in [0.1, 0.15) is 12.1 Å². The summed E-state index contributed by atoms with van der Waals surface area (Å²) < 4.78 is 5.58. The molecule has 0 saturated carbocycles. The van der Waals surface area contributed by atoms with Crippen molar-refractivity contribution in [1.29, 1.82) is 0 Å². The molecule has 1 aliphatic carbocycles. The highest BCUT2D eigenvalue weighted by Crippen LogP contribution is 2.44. The number of hydrogen-bond acceptors (Lipinski definition) is 4. The maximum absolute atomic E-state index is 13.1. The third kappa shape index (κ3) is 5.53. The van der Waals surface area contributed by atoms with Crippen LogP contribution in [0.25, 0.3) is 11.1 Å². The average molecular weight is 453 g/mol. The highest BCUT2D eigenvalue weighted by atomic mass is 16.5. The van der Waals surface area contributed by atoms with E-state index in [1.807, 2.05) is 50.2 Å². The quantitative estimate of drug-likeness (QED) is 0.588. The molecule has 0 fully saturated rings. The Labute approximate surface area is 194 Å². The van der Waals surface area contributed by atoms with Gasteiger partial charge in [-0.3, -0.25) is 9.59 Å². The Morgan fingerprint density at radius 2 is 1.58 bits per heavy atom. The van der Waals surface area contributed by atoms with Crippen LogP contribution in [0.5, 0.6) is 0 Å². The zero-order valence-corrected chi connectivity index (χ0v) is 19.6. The summed E-state index contributed by atoms with van der Waals surface area (Å²) in [5.74, 6) is -1.25. The number of benzene rings is 2. The van der Waals surface area contributed by atoms with Gasteiger partial charge in [-0.2, -0.15) is 0 Å². The lowest BCUT2D eigenvalue weighted by atomic mass is 9.98. The molecule has 33 heavy (non-hydrogen) atoms. The molecule has 0 spiro atoms. The number of aliphatic carboxylic acids is 1. The number of nitrogens with one attached hydrogen (secondary N) is 1. The van der Waals surface area contributed by atoms with Gasteiger partial charge in [0.2, 0.25) is 5.91 Å². The highest BCUT2D eigenvalue weighted by molar-refractivity contribution is 5.89. The van der Waals surface area contributed by atoms with Crippen molar-refractivity contribution >= 4 is 18.0 Å². The summed E-state index contributed by atoms with van der Waals surface area (Å²) >= 11 is 0. The SMILES string of the molecule is CC(C)N(CCCC(=O)O)C(=O)C(C)(C)NC(=O)OCC1c2ccccc2-c2ccccc21. The molecule has 2 aromatic carbocycles. The number of amides is 2. The zero-order chi connectivity index (χ0) is 24.2. The van der Waals surface area contributed by atoms with E-state index in [9.17, 15) is 14.4 Å². The number of carbonyl (C=O) groups is 3. The number of ether oxygens (including phenoxy) is 1. The second-order valence-corrected chi connectivity index (χ2v) is 9.17. The first-order valence-corrected chi connectivity index (χ1v) is 11.3. The molecule has 0 radical (unpaired) electrons. The Morgan fingerprint density at radius 1 is 1.03 bits per heavy atom. The molecule has 7 heteroatoms. The summed E-state index contributed by atoms with van der Waals surface area (Å²) in [6, 6.07) is 16.1. The lowest BCUT2D eigenvalue weighted by Crippen LogP contribution is -2.57. The Bertz CT molecular complexity index is 985. The van der Waals surface area contributed by atoms with Crippen LogP contribution < -0.4 is 5.32 Å². The molecule has 1 aliphatic rings. The lowest BCUT2D eigenvalue weighted by Gasteiger charge is -2.35. The number of nitrogens with zero attached hydrogens (tertiary/aromatic N) is 1. The van der Waals surface area contributed by atoms with E-state index < -0.39 is 17.6 Å². The molecule has 2 amide bonds. The number of carboxylic acid groups (broad SMARTS) is 1. The van der Waals surface area contributed by atoms with E-state index in [1.54, 1.807) is 18.7 Å². The van der Waals surface area contributed by atoms with Gasteiger partial charge >= 0.3 is 12.1 Å². The van der Waals surface area contributed by atoms with Crippen LogP contribution in [-0.2, 0) is 14.3 Å². The highest BCUT2D eigenvalue weighted by Gasteiger charge is 2.36. The summed E-state index contributed by atoms with van der Waals surface area (Å²) in [6.45, 7) is 7.45. The van der Waals surface area contributed by atoms with Crippen LogP contribution in [0.1, 0.15) is 57.6 Å². The monoisotopic (exact) mass is 452 g/mol. The van der Waals surface area contributed by atoms with Gasteiger partial charge in [0, 0.05) is 24.9 Å². The van der Waals surface area contributed by atoms with E-state index in [0.29, 0.717) is 13.0 Å². The van der Waals surface area contributed by atoms with Gasteiger partial charge in [-0.1, -0.05) is 48.5 Å². The Morgan fingerprint density at radius 3 is 2.09 bits per heavy atom. The van der Waals surface area contributed by atoms with E-state index in [4.69, 9.17) is 9.84 Å². The normalized spacial score (nSPS) is 12.8. The first kappa shape index (κ1) is 24.3. The molecule has 0 unspecified atom stereocenters. The average Bonchev–Trinajstić information content (AvgIpc) is 3.08. The van der Waals surface area contributed by atoms with Gasteiger partial charge < -0.3 is 20.1 Å². The molecular formula is C26H32N2O5. The van der Waals surface area contributed by atoms with E-state index in [2.05, 4.69) is 17.4 Å². The molecule has 0 aromatic heterocycles. The van der Waals surface area contributed by atoms with Gasteiger partial charge in [0.25, 0.3) is 0 Å². The minimum Gasteiger partial charge on any atom is -0.481 e. The fourth-order valence-corrected chi connectivity index (χ4v) is 4.30. The summed E-state index contributed by atoms with van der Waals surface area (Å²) in [5.41, 5.74) is 3.33. The largest absolute Gasteiger partial charge is 0.481 e. The van der Waals surface area contributed by atoms with Crippen LogP contribution >= 0.6 is 0 Å². The molecule has 0 atom stereocenters. The summed E-state index contributed by atoms with van der Waals surface area (Å²) in [5, 5.41) is 11.6. The summed E-state index contributed by atoms with van der Waals surface area (Å²) in [7, 11) is 0. The molecule has 7 nitrogen and oxygen atoms in total. The van der Waals surface area contributed by atoms with Crippen LogP contribution in [0.2, 0.25) is 0 Å². The van der Waals surface area contributed by atoms with Gasteiger partial charge in [-0.25, -0.2) is 4.79 Å². The number of alkyl carbamates (subject to hydrolysis) is 1. The van der Waals surface area contributed by atoms with E-state index in [0.717, 1.165) is 22.3 Å². The van der Waals surface area contributed by atoms with Crippen molar-refractivity contribution in [2.75, 3.05) is 13.2 Å². The van der Waals surface area contributed by atoms with Gasteiger partial charge in [-0.15, -0.1) is 0 Å². The first-order valence-electron chi connectivity index (χ1n) is 11.3. The minimum atomic E-state index is -1.20. The van der Waals surface area contributed by atoms with Gasteiger partial charge in [0.05, 0.1) is 0 Å². The van der Waals surface area contributed by atoms with Crippen LogP contribution in [0.3, 0.4) is 0 Å². The molecule has 0 heterocycles. The first-order chi connectivity index (χ1) is 15.6. The molecule has 0 saturated heterocycles. The van der Waals surface area contributed by atoms with Crippen LogP contribution in [0, 0.1) is 0 Å². The third-order valence-electron chi connectivity index (χ3n) is 5.97. The lowest BCUT2D eigenvalue weighted by molar-refractivity contribution is -0.141. The fraction of sp³-hybridized carbons (Fsp3) is 0.423. The molecule has 176 valence electrons. The van der Waals surface area contributed by atoms with Crippen molar-refractivity contribution in [2.45, 2.75) is 58.0 Å². The maximum atomic E-state index is 13.1. The molecule has 0 bridgehead atoms. The van der Waals surface area contributed by atoms with Crippen molar-refractivity contribution in [3.8, 4) is 11.1 Å². The molecule has 0 aliphatic heterocycles. The molecular weight excluding hydrogens is 420 g/mol. The van der Waals surface area contributed by atoms with Crippen molar-refractivity contribution in [2.24, 2.45) is 0 Å². The van der Waals surface area contributed by atoms with Crippen molar-refractivity contribution in [1.82, 2.24) is 10.2 Å². The van der Waals surface area contributed by atoms with E-state index in [-0.39, 0.29) is 30.9 Å². The van der Waals surface area contributed by atoms with Crippen molar-refractivity contribution in [3.63, 3.8) is 0 Å². The summed E-state index contributed by atoms with van der Waals surface area (Å²) in [4.78, 5) is 38.2. The summed E-state index contributed by atoms with van der Waals surface area (Å²) in [6.07, 6.45) is -0.332. The Kier molecular flexibility index (Phi) is 7.41. The van der Waals surface area contributed by atoms with Crippen LogP contribution in [-0.4, -0.2) is 52.7 Å². The predicted molar refractivity (Wildman–Crippen MR) is 126 cm³/mol.